The molecule has 2 unspecified atom stereocenters. The first kappa shape index (κ1) is 12.3. The predicted molar refractivity (Wildman–Crippen MR) is 64.1 cm³/mol. The smallest absolute Gasteiger partial charge is 0.0474 e. The second kappa shape index (κ2) is 7.55. The first-order chi connectivity index (χ1) is 6.86. The van der Waals surface area contributed by atoms with Crippen molar-refractivity contribution in [1.29, 1.82) is 0 Å². The van der Waals surface area contributed by atoms with Crippen LogP contribution < -0.4 is 5.32 Å². The summed E-state index contributed by atoms with van der Waals surface area (Å²) in [7, 11) is 1.77. The highest BCUT2D eigenvalue weighted by Crippen LogP contribution is 2.26. The average Bonchev–Trinajstić information content (AvgIpc) is 2.25. The maximum Gasteiger partial charge on any atom is 0.0474 e. The predicted octanol–water partition coefficient (Wildman–Crippen LogP) is 2.29. The van der Waals surface area contributed by atoms with Gasteiger partial charge in [-0.25, -0.2) is 0 Å². The zero-order chi connectivity index (χ0) is 10.2. The minimum Gasteiger partial charge on any atom is -0.385 e. The lowest BCUT2D eigenvalue weighted by Gasteiger charge is -2.28. The quantitative estimate of drug-likeness (QED) is 0.690. The van der Waals surface area contributed by atoms with Crippen LogP contribution in [0.25, 0.3) is 0 Å². The summed E-state index contributed by atoms with van der Waals surface area (Å²) in [5, 5.41) is 4.52. The highest BCUT2D eigenvalue weighted by atomic mass is 32.2. The lowest BCUT2D eigenvalue weighted by atomic mass is 9.95. The van der Waals surface area contributed by atoms with Crippen molar-refractivity contribution in [2.45, 2.75) is 43.4 Å². The fourth-order valence-electron chi connectivity index (χ4n) is 2.07. The second-order valence-corrected chi connectivity index (χ2v) is 5.16. The molecule has 1 rings (SSSR count). The molecule has 1 aliphatic rings. The minimum absolute atomic E-state index is 0.762. The molecule has 1 aliphatic carbocycles. The van der Waals surface area contributed by atoms with Crippen LogP contribution in [0.3, 0.4) is 0 Å². The number of methoxy groups -OCH3 is 1. The van der Waals surface area contributed by atoms with Gasteiger partial charge < -0.3 is 10.1 Å². The fourth-order valence-corrected chi connectivity index (χ4v) is 2.89. The van der Waals surface area contributed by atoms with Crippen molar-refractivity contribution in [3.05, 3.63) is 0 Å². The number of nitrogens with one attached hydrogen (secondary N) is 1. The van der Waals surface area contributed by atoms with Crippen molar-refractivity contribution in [3.63, 3.8) is 0 Å². The maximum absolute atomic E-state index is 5.03. The normalized spacial score (nSPS) is 27.9. The van der Waals surface area contributed by atoms with E-state index in [1.165, 1.54) is 25.7 Å². The summed E-state index contributed by atoms with van der Waals surface area (Å²) in [6.07, 6.45) is 8.90. The molecule has 14 heavy (non-hydrogen) atoms. The van der Waals surface area contributed by atoms with E-state index in [0.717, 1.165) is 30.9 Å². The largest absolute Gasteiger partial charge is 0.385 e. The lowest BCUT2D eigenvalue weighted by molar-refractivity contribution is 0.192. The van der Waals surface area contributed by atoms with Crippen molar-refractivity contribution in [1.82, 2.24) is 5.32 Å². The van der Waals surface area contributed by atoms with Crippen LogP contribution in [0.2, 0.25) is 0 Å². The molecule has 0 heterocycles. The Morgan fingerprint density at radius 2 is 2.29 bits per heavy atom. The van der Waals surface area contributed by atoms with Gasteiger partial charge in [-0.15, -0.1) is 0 Å². The Bertz CT molecular complexity index is 143. The van der Waals surface area contributed by atoms with Gasteiger partial charge >= 0.3 is 0 Å². The summed E-state index contributed by atoms with van der Waals surface area (Å²) in [4.78, 5) is 0. The molecule has 84 valence electrons. The van der Waals surface area contributed by atoms with Crippen LogP contribution in [0.1, 0.15) is 32.1 Å². The molecule has 2 nitrogen and oxygen atoms in total. The molecule has 0 aliphatic heterocycles. The Morgan fingerprint density at radius 1 is 1.43 bits per heavy atom. The SMILES string of the molecule is COCCCNC1CCCC(SC)C1. The van der Waals surface area contributed by atoms with Gasteiger partial charge in [-0.1, -0.05) is 6.42 Å². The van der Waals surface area contributed by atoms with Gasteiger partial charge in [0.25, 0.3) is 0 Å². The first-order valence-corrected chi connectivity index (χ1v) is 6.90. The highest BCUT2D eigenvalue weighted by molar-refractivity contribution is 7.99. The van der Waals surface area contributed by atoms with Crippen LogP contribution in [0, 0.1) is 0 Å². The molecule has 2 atom stereocenters. The monoisotopic (exact) mass is 217 g/mol. The molecule has 1 saturated carbocycles. The molecule has 0 aromatic heterocycles. The van der Waals surface area contributed by atoms with Gasteiger partial charge in [0, 0.05) is 25.0 Å². The molecule has 1 fully saturated rings. The Balaban J connectivity index is 2.05. The van der Waals surface area contributed by atoms with E-state index in [4.69, 9.17) is 4.74 Å². The van der Waals surface area contributed by atoms with Crippen LogP contribution in [0.4, 0.5) is 0 Å². The third-order valence-electron chi connectivity index (χ3n) is 2.92. The summed E-state index contributed by atoms with van der Waals surface area (Å²) in [6, 6.07) is 0.762. The van der Waals surface area contributed by atoms with Crippen LogP contribution in [0.15, 0.2) is 0 Å². The first-order valence-electron chi connectivity index (χ1n) is 5.62. The van der Waals surface area contributed by atoms with Gasteiger partial charge in [-0.3, -0.25) is 0 Å². The molecular formula is C11H23NOS. The van der Waals surface area contributed by atoms with E-state index < -0.39 is 0 Å². The van der Waals surface area contributed by atoms with Gasteiger partial charge in [-0.2, -0.15) is 11.8 Å². The lowest BCUT2D eigenvalue weighted by Crippen LogP contribution is -2.35. The summed E-state index contributed by atoms with van der Waals surface area (Å²) in [5.41, 5.74) is 0. The number of thioether (sulfide) groups is 1. The topological polar surface area (TPSA) is 21.3 Å². The van der Waals surface area contributed by atoms with Gasteiger partial charge in [0.05, 0.1) is 0 Å². The van der Waals surface area contributed by atoms with E-state index in [9.17, 15) is 0 Å². The van der Waals surface area contributed by atoms with Crippen molar-refractivity contribution < 1.29 is 4.74 Å². The van der Waals surface area contributed by atoms with E-state index in [1.54, 1.807) is 7.11 Å². The van der Waals surface area contributed by atoms with Crippen LogP contribution in [0.5, 0.6) is 0 Å². The number of hydrogen-bond acceptors (Lipinski definition) is 3. The molecule has 0 aromatic rings. The van der Waals surface area contributed by atoms with Crippen LogP contribution in [-0.4, -0.2) is 37.8 Å². The maximum atomic E-state index is 5.03. The van der Waals surface area contributed by atoms with Gasteiger partial charge in [0.1, 0.15) is 0 Å². The second-order valence-electron chi connectivity index (χ2n) is 4.02. The molecule has 0 radical (unpaired) electrons. The van der Waals surface area contributed by atoms with E-state index in [0.29, 0.717) is 0 Å². The van der Waals surface area contributed by atoms with Gasteiger partial charge in [-0.05, 0) is 38.5 Å². The molecular weight excluding hydrogens is 194 g/mol. The van der Waals surface area contributed by atoms with E-state index in [2.05, 4.69) is 11.6 Å². The van der Waals surface area contributed by atoms with Gasteiger partial charge in [0.2, 0.25) is 0 Å². The van der Waals surface area contributed by atoms with Crippen molar-refractivity contribution >= 4 is 11.8 Å². The summed E-state index contributed by atoms with van der Waals surface area (Å²) in [5.74, 6) is 0. The number of rotatable bonds is 6. The number of ether oxygens (including phenoxy) is 1. The average molecular weight is 217 g/mol. The Morgan fingerprint density at radius 3 is 3.00 bits per heavy atom. The van der Waals surface area contributed by atoms with Crippen LogP contribution >= 0.6 is 11.8 Å². The Kier molecular flexibility index (Phi) is 6.65. The molecule has 0 saturated heterocycles. The molecule has 0 bridgehead atoms. The van der Waals surface area contributed by atoms with E-state index >= 15 is 0 Å². The third-order valence-corrected chi connectivity index (χ3v) is 4.01. The van der Waals surface area contributed by atoms with Crippen LogP contribution in [-0.2, 0) is 4.74 Å². The fraction of sp³-hybridized carbons (Fsp3) is 1.00. The summed E-state index contributed by atoms with van der Waals surface area (Å²) in [6.45, 7) is 1.99. The van der Waals surface area contributed by atoms with E-state index in [1.807, 2.05) is 11.8 Å². The standard InChI is InChI=1S/C11H23NOS/c1-13-8-4-7-12-10-5-3-6-11(9-10)14-2/h10-12H,3-9H2,1-2H3. The van der Waals surface area contributed by atoms with Crippen molar-refractivity contribution in [3.8, 4) is 0 Å². The Hall–Kier alpha value is 0.270. The highest BCUT2D eigenvalue weighted by Gasteiger charge is 2.20. The van der Waals surface area contributed by atoms with Crippen molar-refractivity contribution in [2.75, 3.05) is 26.5 Å². The summed E-state index contributed by atoms with van der Waals surface area (Å²) >= 11 is 2.03. The van der Waals surface area contributed by atoms with Gasteiger partial charge in [0.15, 0.2) is 0 Å². The molecule has 0 spiro atoms. The van der Waals surface area contributed by atoms with E-state index in [-0.39, 0.29) is 0 Å². The zero-order valence-electron chi connectivity index (χ0n) is 9.42. The molecule has 0 amide bonds. The number of hydrogen-bond donors (Lipinski definition) is 1. The van der Waals surface area contributed by atoms with Crippen molar-refractivity contribution in [2.24, 2.45) is 0 Å². The minimum atomic E-state index is 0.762. The molecule has 1 N–H and O–H groups in total. The Labute approximate surface area is 92.2 Å². The summed E-state index contributed by atoms with van der Waals surface area (Å²) < 4.78 is 5.03. The molecule has 3 heteroatoms. The molecule has 0 aromatic carbocycles. The third kappa shape index (κ3) is 4.67. The zero-order valence-corrected chi connectivity index (χ0v) is 10.2.